The van der Waals surface area contributed by atoms with Crippen LogP contribution in [0.2, 0.25) is 0 Å². The molecule has 0 heterocycles. The second-order valence-corrected chi connectivity index (χ2v) is 8.13. The van der Waals surface area contributed by atoms with E-state index in [1.54, 1.807) is 0 Å². The summed E-state index contributed by atoms with van der Waals surface area (Å²) < 4.78 is 0. The topological polar surface area (TPSA) is 3.24 Å². The number of hydrogen-bond donors (Lipinski definition) is 0. The highest BCUT2D eigenvalue weighted by Gasteiger charge is 2.35. The summed E-state index contributed by atoms with van der Waals surface area (Å²) >= 11 is 0. The fraction of sp³-hybridized carbons (Fsp3) is 0.905. The van der Waals surface area contributed by atoms with Crippen molar-refractivity contribution < 1.29 is 0 Å². The van der Waals surface area contributed by atoms with Crippen molar-refractivity contribution in [3.63, 3.8) is 0 Å². The second-order valence-electron chi connectivity index (χ2n) is 8.13. The van der Waals surface area contributed by atoms with Gasteiger partial charge in [-0.15, -0.1) is 0 Å². The summed E-state index contributed by atoms with van der Waals surface area (Å²) in [6.07, 6.45) is 25.4. The second kappa shape index (κ2) is 8.52. The molecule has 1 nitrogen and oxygen atoms in total. The molecule has 0 unspecified atom stereocenters. The zero-order valence-electron chi connectivity index (χ0n) is 14.8. The molecule has 0 N–H and O–H groups in total. The fourth-order valence-corrected chi connectivity index (χ4v) is 5.52. The smallest absolute Gasteiger partial charge is 0.0102 e. The van der Waals surface area contributed by atoms with Crippen LogP contribution in [0.25, 0.3) is 0 Å². The van der Waals surface area contributed by atoms with Gasteiger partial charge in [-0.05, 0) is 64.2 Å². The molecule has 22 heavy (non-hydrogen) atoms. The molecular weight excluding hydrogens is 266 g/mol. The Balaban J connectivity index is 1.65. The molecule has 0 aromatic heterocycles. The number of nitrogens with zero attached hydrogens (tertiary/aromatic N) is 1. The van der Waals surface area contributed by atoms with E-state index in [0.717, 1.165) is 24.0 Å². The summed E-state index contributed by atoms with van der Waals surface area (Å²) in [7, 11) is 0. The van der Waals surface area contributed by atoms with Crippen LogP contribution in [0.15, 0.2) is 12.2 Å². The van der Waals surface area contributed by atoms with Gasteiger partial charge in [0.1, 0.15) is 0 Å². The molecule has 3 fully saturated rings. The van der Waals surface area contributed by atoms with E-state index in [1.165, 1.54) is 89.9 Å². The lowest BCUT2D eigenvalue weighted by Gasteiger charge is -2.48. The van der Waals surface area contributed by atoms with Gasteiger partial charge in [-0.25, -0.2) is 0 Å². The van der Waals surface area contributed by atoms with Crippen LogP contribution in [0.4, 0.5) is 0 Å². The Morgan fingerprint density at radius 3 is 1.50 bits per heavy atom. The lowest BCUT2D eigenvalue weighted by Crippen LogP contribution is -2.51. The summed E-state index contributed by atoms with van der Waals surface area (Å²) in [4.78, 5) is 3.09. The molecule has 3 saturated carbocycles. The Morgan fingerprint density at radius 1 is 0.591 bits per heavy atom. The first-order valence-electron chi connectivity index (χ1n) is 10.3. The Bertz CT molecular complexity index is 310. The zero-order valence-corrected chi connectivity index (χ0v) is 14.8. The summed E-state index contributed by atoms with van der Waals surface area (Å²) in [5, 5.41) is 0. The molecule has 126 valence electrons. The van der Waals surface area contributed by atoms with Gasteiger partial charge >= 0.3 is 0 Å². The largest absolute Gasteiger partial charge is 0.294 e. The molecule has 0 spiro atoms. The van der Waals surface area contributed by atoms with Crippen LogP contribution >= 0.6 is 0 Å². The first kappa shape index (κ1) is 16.6. The van der Waals surface area contributed by atoms with Crippen molar-refractivity contribution in [2.24, 2.45) is 5.92 Å². The van der Waals surface area contributed by atoms with Crippen molar-refractivity contribution in [3.05, 3.63) is 12.2 Å². The quantitative estimate of drug-likeness (QED) is 0.568. The lowest BCUT2D eigenvalue weighted by molar-refractivity contribution is 0.0182. The number of hydrogen-bond acceptors (Lipinski definition) is 1. The van der Waals surface area contributed by atoms with Crippen molar-refractivity contribution in [2.75, 3.05) is 0 Å². The predicted octanol–water partition coefficient (Wildman–Crippen LogP) is 6.09. The average Bonchev–Trinajstić information content (AvgIpc) is 2.59. The first-order valence-corrected chi connectivity index (χ1v) is 10.3. The van der Waals surface area contributed by atoms with Crippen LogP contribution in [0.1, 0.15) is 96.8 Å². The Kier molecular flexibility index (Phi) is 6.41. The zero-order chi connectivity index (χ0) is 15.2. The third-order valence-electron chi connectivity index (χ3n) is 6.62. The van der Waals surface area contributed by atoms with Gasteiger partial charge in [0.05, 0.1) is 0 Å². The maximum atomic E-state index is 3.09. The minimum atomic E-state index is 0.876. The van der Waals surface area contributed by atoms with E-state index in [1.807, 2.05) is 0 Å². The highest BCUT2D eigenvalue weighted by Crippen LogP contribution is 2.37. The third kappa shape index (κ3) is 4.16. The van der Waals surface area contributed by atoms with Gasteiger partial charge in [0.15, 0.2) is 0 Å². The standard InChI is InChI=1S/C21H37N/c1-2-9-18-14-16-21(17-15-18)22(19-10-5-3-6-11-19)20-12-7-4-8-13-20/h2,9,18-21H,3-8,10-17H2,1H3. The monoisotopic (exact) mass is 303 g/mol. The summed E-state index contributed by atoms with van der Waals surface area (Å²) in [5.74, 6) is 0.876. The summed E-state index contributed by atoms with van der Waals surface area (Å²) in [6.45, 7) is 2.18. The van der Waals surface area contributed by atoms with Crippen LogP contribution in [0.5, 0.6) is 0 Å². The lowest BCUT2D eigenvalue weighted by atomic mass is 9.81. The van der Waals surface area contributed by atoms with E-state index in [0.29, 0.717) is 0 Å². The molecule has 0 aromatic carbocycles. The molecule has 0 aliphatic heterocycles. The Labute approximate surface area is 138 Å². The summed E-state index contributed by atoms with van der Waals surface area (Å²) in [6, 6.07) is 2.77. The van der Waals surface area contributed by atoms with Crippen LogP contribution in [-0.2, 0) is 0 Å². The van der Waals surface area contributed by atoms with Crippen LogP contribution in [0, 0.1) is 5.92 Å². The molecule has 3 aliphatic carbocycles. The molecule has 3 rings (SSSR count). The SMILES string of the molecule is CC=CC1CCC(N(C2CCCCC2)C2CCCCC2)CC1. The van der Waals surface area contributed by atoms with Gasteiger partial charge in [0.2, 0.25) is 0 Å². The molecule has 0 radical (unpaired) electrons. The molecule has 3 aliphatic rings. The fourth-order valence-electron chi connectivity index (χ4n) is 5.52. The van der Waals surface area contributed by atoms with Gasteiger partial charge in [-0.1, -0.05) is 50.7 Å². The molecule has 0 amide bonds. The molecule has 0 atom stereocenters. The van der Waals surface area contributed by atoms with E-state index in [9.17, 15) is 0 Å². The Hall–Kier alpha value is -0.300. The molecule has 0 saturated heterocycles. The highest BCUT2D eigenvalue weighted by atomic mass is 15.2. The molecule has 1 heteroatoms. The maximum absolute atomic E-state index is 3.09. The van der Waals surface area contributed by atoms with Gasteiger partial charge in [-0.3, -0.25) is 4.90 Å². The number of allylic oxidation sites excluding steroid dienone is 2. The van der Waals surface area contributed by atoms with Crippen molar-refractivity contribution in [1.29, 1.82) is 0 Å². The highest BCUT2D eigenvalue weighted by molar-refractivity contribution is 4.94. The third-order valence-corrected chi connectivity index (χ3v) is 6.62. The van der Waals surface area contributed by atoms with E-state index < -0.39 is 0 Å². The van der Waals surface area contributed by atoms with Crippen LogP contribution < -0.4 is 0 Å². The minimum Gasteiger partial charge on any atom is -0.294 e. The molecular formula is C21H37N. The first-order chi connectivity index (χ1) is 10.9. The molecule has 0 bridgehead atoms. The van der Waals surface area contributed by atoms with Crippen molar-refractivity contribution >= 4 is 0 Å². The predicted molar refractivity (Wildman–Crippen MR) is 96.1 cm³/mol. The van der Waals surface area contributed by atoms with E-state index >= 15 is 0 Å². The van der Waals surface area contributed by atoms with E-state index in [-0.39, 0.29) is 0 Å². The van der Waals surface area contributed by atoms with Gasteiger partial charge in [-0.2, -0.15) is 0 Å². The summed E-state index contributed by atoms with van der Waals surface area (Å²) in [5.41, 5.74) is 0. The van der Waals surface area contributed by atoms with Gasteiger partial charge < -0.3 is 0 Å². The maximum Gasteiger partial charge on any atom is 0.0102 e. The number of rotatable bonds is 4. The average molecular weight is 304 g/mol. The normalized spacial score (nSPS) is 32.8. The van der Waals surface area contributed by atoms with Crippen molar-refractivity contribution in [1.82, 2.24) is 4.90 Å². The van der Waals surface area contributed by atoms with Gasteiger partial charge in [0.25, 0.3) is 0 Å². The van der Waals surface area contributed by atoms with Crippen molar-refractivity contribution in [2.45, 2.75) is 115 Å². The van der Waals surface area contributed by atoms with Crippen molar-refractivity contribution in [3.8, 4) is 0 Å². The molecule has 0 aromatic rings. The minimum absolute atomic E-state index is 0.876. The Morgan fingerprint density at radius 2 is 1.05 bits per heavy atom. The van der Waals surface area contributed by atoms with Crippen LogP contribution in [0.3, 0.4) is 0 Å². The van der Waals surface area contributed by atoms with E-state index in [4.69, 9.17) is 0 Å². The van der Waals surface area contributed by atoms with E-state index in [2.05, 4.69) is 24.0 Å². The van der Waals surface area contributed by atoms with Gasteiger partial charge in [0, 0.05) is 18.1 Å². The van der Waals surface area contributed by atoms with Crippen LogP contribution in [-0.4, -0.2) is 23.0 Å².